The monoisotopic (exact) mass is 289 g/mol. The first-order valence-corrected chi connectivity index (χ1v) is 7.23. The van der Waals surface area contributed by atoms with Crippen molar-refractivity contribution in [3.05, 3.63) is 22.8 Å². The van der Waals surface area contributed by atoms with Crippen molar-refractivity contribution >= 4 is 11.8 Å². The van der Waals surface area contributed by atoms with Gasteiger partial charge in [0.25, 0.3) is 0 Å². The van der Waals surface area contributed by atoms with Crippen LogP contribution in [0.15, 0.2) is 6.07 Å². The van der Waals surface area contributed by atoms with E-state index in [0.29, 0.717) is 17.9 Å². The Morgan fingerprint density at radius 3 is 2.62 bits per heavy atom. The van der Waals surface area contributed by atoms with Gasteiger partial charge in [-0.1, -0.05) is 6.92 Å². The van der Waals surface area contributed by atoms with Crippen molar-refractivity contribution < 1.29 is 19.1 Å². The second kappa shape index (κ2) is 5.06. The number of imide groups is 1. The summed E-state index contributed by atoms with van der Waals surface area (Å²) in [4.78, 5) is 24.1. The molecule has 2 aliphatic rings. The highest BCUT2D eigenvalue weighted by atomic mass is 16.5. The zero-order valence-electron chi connectivity index (χ0n) is 12.5. The fourth-order valence-electron chi connectivity index (χ4n) is 3.63. The molecule has 1 heterocycles. The normalized spacial score (nSPS) is 23.4. The Morgan fingerprint density at radius 2 is 2.00 bits per heavy atom. The zero-order valence-corrected chi connectivity index (χ0v) is 12.5. The van der Waals surface area contributed by atoms with Gasteiger partial charge >= 0.3 is 0 Å². The van der Waals surface area contributed by atoms with Crippen molar-refractivity contribution in [2.45, 2.75) is 32.1 Å². The van der Waals surface area contributed by atoms with E-state index in [4.69, 9.17) is 9.47 Å². The van der Waals surface area contributed by atoms with Crippen molar-refractivity contribution in [3.63, 3.8) is 0 Å². The molecule has 1 N–H and O–H groups in total. The van der Waals surface area contributed by atoms with Crippen molar-refractivity contribution in [2.75, 3.05) is 14.2 Å². The molecular formula is C16H19NO4. The summed E-state index contributed by atoms with van der Waals surface area (Å²) in [5.41, 5.74) is 3.04. The van der Waals surface area contributed by atoms with Crippen LogP contribution in [0.1, 0.15) is 36.0 Å². The van der Waals surface area contributed by atoms with E-state index in [1.807, 2.05) is 13.0 Å². The van der Waals surface area contributed by atoms with Crippen LogP contribution in [0.25, 0.3) is 0 Å². The van der Waals surface area contributed by atoms with Gasteiger partial charge in [-0.05, 0) is 36.5 Å². The first kappa shape index (κ1) is 13.9. The molecule has 1 fully saturated rings. The minimum atomic E-state index is -0.379. The van der Waals surface area contributed by atoms with Crippen LogP contribution in [0.2, 0.25) is 0 Å². The van der Waals surface area contributed by atoms with Gasteiger partial charge in [0, 0.05) is 5.56 Å². The number of benzene rings is 1. The van der Waals surface area contributed by atoms with Crippen molar-refractivity contribution in [1.82, 2.24) is 5.32 Å². The molecule has 1 aliphatic heterocycles. The van der Waals surface area contributed by atoms with Crippen molar-refractivity contribution in [3.8, 4) is 11.5 Å². The Morgan fingerprint density at radius 1 is 1.24 bits per heavy atom. The van der Waals surface area contributed by atoms with Crippen LogP contribution >= 0.6 is 0 Å². The maximum atomic E-state index is 12.2. The number of aryl methyl sites for hydroxylation is 1. The summed E-state index contributed by atoms with van der Waals surface area (Å²) in [7, 11) is 3.22. The van der Waals surface area contributed by atoms with E-state index in [1.165, 1.54) is 0 Å². The van der Waals surface area contributed by atoms with Gasteiger partial charge in [0.1, 0.15) is 0 Å². The third-order valence-corrected chi connectivity index (χ3v) is 4.56. The summed E-state index contributed by atoms with van der Waals surface area (Å²) < 4.78 is 10.9. The molecule has 0 saturated carbocycles. The fraction of sp³-hybridized carbons (Fsp3) is 0.500. The number of amides is 2. The lowest BCUT2D eigenvalue weighted by atomic mass is 9.73. The predicted molar refractivity (Wildman–Crippen MR) is 76.6 cm³/mol. The number of rotatable bonds is 3. The van der Waals surface area contributed by atoms with E-state index in [1.54, 1.807) is 14.2 Å². The van der Waals surface area contributed by atoms with Crippen LogP contribution in [0.3, 0.4) is 0 Å². The van der Waals surface area contributed by atoms with Crippen molar-refractivity contribution in [1.29, 1.82) is 0 Å². The average molecular weight is 289 g/mol. The minimum absolute atomic E-state index is 0.146. The van der Waals surface area contributed by atoms with E-state index in [-0.39, 0.29) is 23.7 Å². The maximum Gasteiger partial charge on any atom is 0.234 e. The molecule has 0 bridgehead atoms. The molecule has 1 aromatic carbocycles. The summed E-state index contributed by atoms with van der Waals surface area (Å²) in [5, 5.41) is 2.47. The van der Waals surface area contributed by atoms with Crippen LogP contribution in [-0.2, 0) is 22.4 Å². The highest BCUT2D eigenvalue weighted by Crippen LogP contribution is 2.48. The standard InChI is InChI=1S/C16H19NO4/c1-4-8-7-11(20-2)14(21-3)9-5-6-10-13(12(8)9)16(19)17-15(10)18/h7,10,13H,4-6H2,1-3H3,(H,17,18,19). The van der Waals surface area contributed by atoms with Gasteiger partial charge in [-0.3, -0.25) is 14.9 Å². The van der Waals surface area contributed by atoms with Gasteiger partial charge in [-0.25, -0.2) is 0 Å². The average Bonchev–Trinajstić information content (AvgIpc) is 2.79. The van der Waals surface area contributed by atoms with Crippen molar-refractivity contribution in [2.24, 2.45) is 5.92 Å². The zero-order chi connectivity index (χ0) is 15.1. The molecule has 1 aromatic rings. The Labute approximate surface area is 123 Å². The van der Waals surface area contributed by atoms with Gasteiger partial charge in [-0.15, -0.1) is 0 Å². The Bertz CT molecular complexity index is 623. The molecule has 5 nitrogen and oxygen atoms in total. The second-order valence-corrected chi connectivity index (χ2v) is 5.49. The fourth-order valence-corrected chi connectivity index (χ4v) is 3.63. The molecule has 2 unspecified atom stereocenters. The van der Waals surface area contributed by atoms with Gasteiger partial charge in [0.05, 0.1) is 26.1 Å². The van der Waals surface area contributed by atoms with E-state index in [2.05, 4.69) is 5.32 Å². The smallest absolute Gasteiger partial charge is 0.234 e. The van der Waals surface area contributed by atoms with Crippen LogP contribution in [0.5, 0.6) is 11.5 Å². The molecule has 3 rings (SSSR count). The van der Waals surface area contributed by atoms with E-state index >= 15 is 0 Å². The number of methoxy groups -OCH3 is 2. The predicted octanol–water partition coefficient (Wildman–Crippen LogP) is 1.57. The first-order chi connectivity index (χ1) is 10.1. The number of carbonyl (C=O) groups is 2. The largest absolute Gasteiger partial charge is 0.493 e. The Kier molecular flexibility index (Phi) is 3.35. The van der Waals surface area contributed by atoms with Crippen LogP contribution in [0.4, 0.5) is 0 Å². The third-order valence-electron chi connectivity index (χ3n) is 4.56. The number of hydrogen-bond donors (Lipinski definition) is 1. The van der Waals surface area contributed by atoms with E-state index < -0.39 is 0 Å². The van der Waals surface area contributed by atoms with Gasteiger partial charge in [0.15, 0.2) is 11.5 Å². The lowest BCUT2D eigenvalue weighted by molar-refractivity contribution is -0.125. The SMILES string of the molecule is CCc1cc(OC)c(OC)c2c1C1C(=O)NC(=O)C1CC2. The van der Waals surface area contributed by atoms with E-state index in [0.717, 1.165) is 29.5 Å². The number of fused-ring (bicyclic) bond motifs is 3. The molecule has 21 heavy (non-hydrogen) atoms. The molecule has 5 heteroatoms. The number of ether oxygens (including phenoxy) is 2. The lowest BCUT2D eigenvalue weighted by Gasteiger charge is -2.29. The van der Waals surface area contributed by atoms with Gasteiger partial charge in [-0.2, -0.15) is 0 Å². The molecule has 112 valence electrons. The summed E-state index contributed by atoms with van der Waals surface area (Å²) in [6, 6.07) is 1.93. The highest BCUT2D eigenvalue weighted by molar-refractivity contribution is 6.08. The molecule has 0 aromatic heterocycles. The maximum absolute atomic E-state index is 12.2. The van der Waals surface area contributed by atoms with E-state index in [9.17, 15) is 9.59 Å². The Hall–Kier alpha value is -2.04. The lowest BCUT2D eigenvalue weighted by Crippen LogP contribution is -2.25. The highest BCUT2D eigenvalue weighted by Gasteiger charge is 2.47. The first-order valence-electron chi connectivity index (χ1n) is 7.23. The topological polar surface area (TPSA) is 64.6 Å². The molecular weight excluding hydrogens is 270 g/mol. The Balaban J connectivity index is 2.24. The van der Waals surface area contributed by atoms with Gasteiger partial charge < -0.3 is 9.47 Å². The summed E-state index contributed by atoms with van der Waals surface area (Å²) >= 11 is 0. The molecule has 0 spiro atoms. The third kappa shape index (κ3) is 1.91. The summed E-state index contributed by atoms with van der Waals surface area (Å²) in [5.74, 6) is 0.427. The van der Waals surface area contributed by atoms with Crippen LogP contribution in [-0.4, -0.2) is 26.0 Å². The molecule has 2 amide bonds. The second-order valence-electron chi connectivity index (χ2n) is 5.49. The molecule has 0 radical (unpaired) electrons. The molecule has 1 saturated heterocycles. The van der Waals surface area contributed by atoms with Gasteiger partial charge in [0.2, 0.25) is 11.8 Å². The number of hydrogen-bond acceptors (Lipinski definition) is 4. The molecule has 2 atom stereocenters. The molecule has 1 aliphatic carbocycles. The minimum Gasteiger partial charge on any atom is -0.493 e. The quantitative estimate of drug-likeness (QED) is 0.858. The summed E-state index contributed by atoms with van der Waals surface area (Å²) in [6.45, 7) is 2.04. The summed E-state index contributed by atoms with van der Waals surface area (Å²) in [6.07, 6.45) is 2.18. The number of carbonyl (C=O) groups excluding carboxylic acids is 2. The van der Waals surface area contributed by atoms with Crippen LogP contribution in [0, 0.1) is 5.92 Å². The number of nitrogens with one attached hydrogen (secondary N) is 1. The van der Waals surface area contributed by atoms with Crippen LogP contribution < -0.4 is 14.8 Å².